The van der Waals surface area contributed by atoms with Crippen LogP contribution in [0.5, 0.6) is 0 Å². The SMILES string of the molecule is CCC(CC)C(C)NS(=O)(=O)Cc1cccc(CNC)c1. The van der Waals surface area contributed by atoms with Crippen LogP contribution in [0.25, 0.3) is 0 Å². The molecular weight excluding hydrogens is 284 g/mol. The zero-order chi connectivity index (χ0) is 15.9. The van der Waals surface area contributed by atoms with Crippen LogP contribution in [-0.2, 0) is 22.3 Å². The zero-order valence-electron chi connectivity index (χ0n) is 13.5. The van der Waals surface area contributed by atoms with E-state index in [0.717, 1.165) is 30.5 Å². The molecule has 120 valence electrons. The molecule has 0 heterocycles. The van der Waals surface area contributed by atoms with Crippen LogP contribution < -0.4 is 10.0 Å². The van der Waals surface area contributed by atoms with Crippen molar-refractivity contribution in [1.29, 1.82) is 0 Å². The van der Waals surface area contributed by atoms with Crippen molar-refractivity contribution in [1.82, 2.24) is 10.0 Å². The molecule has 4 nitrogen and oxygen atoms in total. The summed E-state index contributed by atoms with van der Waals surface area (Å²) in [6, 6.07) is 7.68. The molecule has 0 amide bonds. The normalized spacial score (nSPS) is 13.6. The van der Waals surface area contributed by atoms with Crippen LogP contribution in [-0.4, -0.2) is 21.5 Å². The third-order valence-electron chi connectivity index (χ3n) is 3.85. The van der Waals surface area contributed by atoms with Gasteiger partial charge in [-0.25, -0.2) is 13.1 Å². The molecule has 0 radical (unpaired) electrons. The minimum absolute atomic E-state index is 0.0227. The summed E-state index contributed by atoms with van der Waals surface area (Å²) in [7, 11) is -1.42. The average molecular weight is 312 g/mol. The molecule has 0 bridgehead atoms. The summed E-state index contributed by atoms with van der Waals surface area (Å²) in [5, 5.41) is 3.07. The number of rotatable bonds is 9. The number of benzene rings is 1. The van der Waals surface area contributed by atoms with Crippen LogP contribution in [0.15, 0.2) is 24.3 Å². The third-order valence-corrected chi connectivity index (χ3v) is 5.29. The number of sulfonamides is 1. The second-order valence-electron chi connectivity index (χ2n) is 5.59. The van der Waals surface area contributed by atoms with Crippen LogP contribution in [0.3, 0.4) is 0 Å². The van der Waals surface area contributed by atoms with Crippen molar-refractivity contribution in [2.24, 2.45) is 5.92 Å². The minimum atomic E-state index is -3.30. The van der Waals surface area contributed by atoms with Crippen molar-refractivity contribution in [2.75, 3.05) is 7.05 Å². The average Bonchev–Trinajstić information content (AvgIpc) is 2.39. The van der Waals surface area contributed by atoms with Gasteiger partial charge in [0, 0.05) is 12.6 Å². The molecule has 0 aromatic heterocycles. The zero-order valence-corrected chi connectivity index (χ0v) is 14.3. The first kappa shape index (κ1) is 18.1. The Labute approximate surface area is 129 Å². The Bertz CT molecular complexity index is 525. The molecule has 1 aromatic rings. The highest BCUT2D eigenvalue weighted by molar-refractivity contribution is 7.88. The third kappa shape index (κ3) is 6.16. The molecule has 2 N–H and O–H groups in total. The first-order valence-electron chi connectivity index (χ1n) is 7.64. The Balaban J connectivity index is 2.74. The number of hydrogen-bond donors (Lipinski definition) is 2. The van der Waals surface area contributed by atoms with Crippen LogP contribution in [0.1, 0.15) is 44.7 Å². The van der Waals surface area contributed by atoms with Gasteiger partial charge >= 0.3 is 0 Å². The molecule has 0 spiro atoms. The summed E-state index contributed by atoms with van der Waals surface area (Å²) < 4.78 is 27.4. The topological polar surface area (TPSA) is 58.2 Å². The molecule has 0 aliphatic carbocycles. The van der Waals surface area contributed by atoms with Gasteiger partial charge in [-0.15, -0.1) is 0 Å². The molecule has 0 aliphatic rings. The van der Waals surface area contributed by atoms with E-state index in [0.29, 0.717) is 5.92 Å². The van der Waals surface area contributed by atoms with Crippen molar-refractivity contribution < 1.29 is 8.42 Å². The molecule has 1 unspecified atom stereocenters. The quantitative estimate of drug-likeness (QED) is 0.737. The van der Waals surface area contributed by atoms with Crippen molar-refractivity contribution in [2.45, 2.75) is 52.0 Å². The van der Waals surface area contributed by atoms with E-state index >= 15 is 0 Å². The second kappa shape index (κ2) is 8.51. The van der Waals surface area contributed by atoms with Crippen molar-refractivity contribution in [3.05, 3.63) is 35.4 Å². The highest BCUT2D eigenvalue weighted by Gasteiger charge is 2.20. The number of hydrogen-bond acceptors (Lipinski definition) is 3. The van der Waals surface area contributed by atoms with Crippen LogP contribution >= 0.6 is 0 Å². The molecule has 0 saturated heterocycles. The van der Waals surface area contributed by atoms with Gasteiger partial charge in [0.2, 0.25) is 10.0 Å². The molecular formula is C16H28N2O2S. The molecule has 0 aliphatic heterocycles. The summed E-state index contributed by atoms with van der Waals surface area (Å²) >= 11 is 0. The van der Waals surface area contributed by atoms with E-state index in [1.54, 1.807) is 0 Å². The van der Waals surface area contributed by atoms with Crippen molar-refractivity contribution >= 4 is 10.0 Å². The van der Waals surface area contributed by atoms with E-state index in [1.165, 1.54) is 0 Å². The van der Waals surface area contributed by atoms with Gasteiger partial charge in [0.05, 0.1) is 5.75 Å². The Hall–Kier alpha value is -0.910. The fourth-order valence-corrected chi connectivity index (χ4v) is 4.13. The van der Waals surface area contributed by atoms with Gasteiger partial charge in [-0.1, -0.05) is 51.0 Å². The van der Waals surface area contributed by atoms with Gasteiger partial charge in [-0.3, -0.25) is 0 Å². The van der Waals surface area contributed by atoms with Crippen LogP contribution in [0.4, 0.5) is 0 Å². The Kier molecular flexibility index (Phi) is 7.35. The molecule has 5 heteroatoms. The lowest BCUT2D eigenvalue weighted by atomic mass is 9.96. The molecule has 21 heavy (non-hydrogen) atoms. The Morgan fingerprint density at radius 1 is 1.14 bits per heavy atom. The summed E-state index contributed by atoms with van der Waals surface area (Å²) in [5.41, 5.74) is 1.92. The van der Waals surface area contributed by atoms with E-state index in [9.17, 15) is 8.42 Å². The van der Waals surface area contributed by atoms with E-state index in [2.05, 4.69) is 23.9 Å². The maximum Gasteiger partial charge on any atom is 0.216 e. The summed E-state index contributed by atoms with van der Waals surface area (Å²) in [6.07, 6.45) is 1.97. The molecule has 1 atom stereocenters. The monoisotopic (exact) mass is 312 g/mol. The van der Waals surface area contributed by atoms with Gasteiger partial charge in [-0.05, 0) is 31.0 Å². The highest BCUT2D eigenvalue weighted by atomic mass is 32.2. The maximum atomic E-state index is 12.3. The Morgan fingerprint density at radius 2 is 1.76 bits per heavy atom. The van der Waals surface area contributed by atoms with Crippen molar-refractivity contribution in [3.63, 3.8) is 0 Å². The largest absolute Gasteiger partial charge is 0.316 e. The maximum absolute atomic E-state index is 12.3. The smallest absolute Gasteiger partial charge is 0.216 e. The lowest BCUT2D eigenvalue weighted by Gasteiger charge is -2.22. The standard InChI is InChI=1S/C16H28N2O2S/c1-5-16(6-2)13(3)18-21(19,20)12-15-9-7-8-14(10-15)11-17-4/h7-10,13,16-18H,5-6,11-12H2,1-4H3. The van der Waals surface area contributed by atoms with Gasteiger partial charge in [0.25, 0.3) is 0 Å². The van der Waals surface area contributed by atoms with Gasteiger partial charge in [0.15, 0.2) is 0 Å². The fraction of sp³-hybridized carbons (Fsp3) is 0.625. The van der Waals surface area contributed by atoms with Crippen molar-refractivity contribution in [3.8, 4) is 0 Å². The van der Waals surface area contributed by atoms with Gasteiger partial charge in [0.1, 0.15) is 0 Å². The Morgan fingerprint density at radius 3 is 2.33 bits per heavy atom. The van der Waals surface area contributed by atoms with Gasteiger partial charge < -0.3 is 5.32 Å². The molecule has 1 aromatic carbocycles. The molecule has 0 saturated carbocycles. The lowest BCUT2D eigenvalue weighted by Crippen LogP contribution is -2.38. The molecule has 0 fully saturated rings. The lowest BCUT2D eigenvalue weighted by molar-refractivity contribution is 0.390. The predicted molar refractivity (Wildman–Crippen MR) is 88.5 cm³/mol. The summed E-state index contributed by atoms with van der Waals surface area (Å²) in [5.74, 6) is 0.421. The first-order chi connectivity index (χ1) is 9.91. The second-order valence-corrected chi connectivity index (χ2v) is 7.35. The highest BCUT2D eigenvalue weighted by Crippen LogP contribution is 2.15. The van der Waals surface area contributed by atoms with E-state index in [-0.39, 0.29) is 11.8 Å². The van der Waals surface area contributed by atoms with E-state index in [1.807, 2.05) is 38.2 Å². The predicted octanol–water partition coefficient (Wildman–Crippen LogP) is 2.65. The minimum Gasteiger partial charge on any atom is -0.316 e. The fourth-order valence-electron chi connectivity index (χ4n) is 2.67. The first-order valence-corrected chi connectivity index (χ1v) is 9.29. The number of nitrogens with one attached hydrogen (secondary N) is 2. The van der Waals surface area contributed by atoms with E-state index < -0.39 is 10.0 Å². The summed E-state index contributed by atoms with van der Waals surface area (Å²) in [4.78, 5) is 0. The summed E-state index contributed by atoms with van der Waals surface area (Å²) in [6.45, 7) is 6.89. The van der Waals surface area contributed by atoms with Crippen LogP contribution in [0.2, 0.25) is 0 Å². The molecule has 1 rings (SSSR count). The van der Waals surface area contributed by atoms with E-state index in [4.69, 9.17) is 0 Å². The van der Waals surface area contributed by atoms with Crippen LogP contribution in [0, 0.1) is 5.92 Å². The van der Waals surface area contributed by atoms with Gasteiger partial charge in [-0.2, -0.15) is 0 Å².